The van der Waals surface area contributed by atoms with Crippen LogP contribution in [0, 0.1) is 27.3 Å². The summed E-state index contributed by atoms with van der Waals surface area (Å²) < 4.78 is 14.8. The number of benzene rings is 2. The molecule has 0 fully saturated rings. The molecule has 0 spiro atoms. The Morgan fingerprint density at radius 2 is 2.12 bits per heavy atom. The average molecular weight is 351 g/mol. The van der Waals surface area contributed by atoms with E-state index in [0.717, 1.165) is 12.1 Å². The molecule has 3 rings (SSSR count). The molecular weight excluding hydrogens is 341 g/mol. The number of amides is 1. The molecule has 1 N–H and O–H groups in total. The highest BCUT2D eigenvalue weighted by Crippen LogP contribution is 2.25. The molecule has 26 heavy (non-hydrogen) atoms. The zero-order valence-corrected chi connectivity index (χ0v) is 13.1. The molecule has 0 aliphatic heterocycles. The van der Waals surface area contributed by atoms with Crippen LogP contribution in [0.25, 0.3) is 5.69 Å². The molecule has 0 unspecified atom stereocenters. The lowest BCUT2D eigenvalue weighted by Gasteiger charge is -2.08. The van der Waals surface area contributed by atoms with Crippen LogP contribution in [0.3, 0.4) is 0 Å². The van der Waals surface area contributed by atoms with E-state index in [4.69, 9.17) is 5.26 Å². The lowest BCUT2D eigenvalue weighted by atomic mass is 10.1. The van der Waals surface area contributed by atoms with Gasteiger partial charge in [0.05, 0.1) is 16.8 Å². The third-order valence-electron chi connectivity index (χ3n) is 3.56. The Morgan fingerprint density at radius 1 is 1.31 bits per heavy atom. The molecule has 3 aromatic rings. The highest BCUT2D eigenvalue weighted by molar-refractivity contribution is 6.05. The Balaban J connectivity index is 1.92. The van der Waals surface area contributed by atoms with E-state index in [9.17, 15) is 19.3 Å². The Kier molecular flexibility index (Phi) is 4.40. The minimum absolute atomic E-state index is 0.0448. The second-order valence-corrected chi connectivity index (χ2v) is 5.19. The fourth-order valence-corrected chi connectivity index (χ4v) is 2.32. The molecular formula is C17H10FN5O3. The summed E-state index contributed by atoms with van der Waals surface area (Å²) in [5.74, 6) is -1.33. The number of rotatable bonds is 4. The van der Waals surface area contributed by atoms with Crippen LogP contribution < -0.4 is 5.32 Å². The third-order valence-corrected chi connectivity index (χ3v) is 3.56. The SMILES string of the molecule is N#Cc1cc(NC(=O)c2ccc(-n3ccnc3)c([N+](=O)[O-])c2)ccc1F. The first-order chi connectivity index (χ1) is 12.5. The molecule has 0 bridgehead atoms. The Bertz CT molecular complexity index is 1040. The van der Waals surface area contributed by atoms with Crippen molar-refractivity contribution >= 4 is 17.3 Å². The van der Waals surface area contributed by atoms with Crippen LogP contribution in [-0.2, 0) is 0 Å². The van der Waals surface area contributed by atoms with Crippen molar-refractivity contribution in [1.29, 1.82) is 5.26 Å². The van der Waals surface area contributed by atoms with Gasteiger partial charge in [0.2, 0.25) is 0 Å². The number of hydrogen-bond acceptors (Lipinski definition) is 5. The molecule has 0 radical (unpaired) electrons. The molecule has 128 valence electrons. The highest BCUT2D eigenvalue weighted by Gasteiger charge is 2.19. The van der Waals surface area contributed by atoms with Gasteiger partial charge in [0, 0.05) is 29.7 Å². The van der Waals surface area contributed by atoms with Crippen molar-refractivity contribution in [1.82, 2.24) is 9.55 Å². The van der Waals surface area contributed by atoms with E-state index >= 15 is 0 Å². The van der Waals surface area contributed by atoms with Gasteiger partial charge in [-0.05, 0) is 30.3 Å². The first kappa shape index (κ1) is 16.8. The van der Waals surface area contributed by atoms with E-state index in [-0.39, 0.29) is 28.2 Å². The number of nitriles is 1. The number of imidazole rings is 1. The summed E-state index contributed by atoms with van der Waals surface area (Å²) in [5.41, 5.74) is 0.0204. The highest BCUT2D eigenvalue weighted by atomic mass is 19.1. The van der Waals surface area contributed by atoms with E-state index in [1.807, 2.05) is 0 Å². The molecule has 0 aliphatic carbocycles. The van der Waals surface area contributed by atoms with E-state index in [2.05, 4.69) is 10.3 Å². The van der Waals surface area contributed by atoms with E-state index in [1.165, 1.54) is 41.4 Å². The maximum absolute atomic E-state index is 13.3. The number of hydrogen-bond donors (Lipinski definition) is 1. The van der Waals surface area contributed by atoms with Gasteiger partial charge in [-0.3, -0.25) is 14.9 Å². The van der Waals surface area contributed by atoms with E-state index in [1.54, 1.807) is 12.3 Å². The minimum Gasteiger partial charge on any atom is -0.322 e. The summed E-state index contributed by atoms with van der Waals surface area (Å²) in [6, 6.07) is 9.19. The van der Waals surface area contributed by atoms with E-state index < -0.39 is 16.6 Å². The Morgan fingerprint density at radius 3 is 2.77 bits per heavy atom. The van der Waals surface area contributed by atoms with Gasteiger partial charge in [-0.15, -0.1) is 0 Å². The standard InChI is InChI=1S/C17H10FN5O3/c18-14-3-2-13(7-12(14)9-19)21-17(24)11-1-4-15(16(8-11)23(25)26)22-6-5-20-10-22/h1-8,10H,(H,21,24). The number of halogens is 1. The minimum atomic E-state index is -0.703. The van der Waals surface area contributed by atoms with Crippen LogP contribution in [-0.4, -0.2) is 20.4 Å². The summed E-state index contributed by atoms with van der Waals surface area (Å²) in [7, 11) is 0. The van der Waals surface area contributed by atoms with E-state index in [0.29, 0.717) is 0 Å². The Labute approximate surface area is 146 Å². The molecule has 9 heteroatoms. The maximum Gasteiger partial charge on any atom is 0.294 e. The number of nitrogens with zero attached hydrogens (tertiary/aromatic N) is 4. The molecule has 1 aromatic heterocycles. The van der Waals surface area contributed by atoms with Crippen molar-refractivity contribution in [3.8, 4) is 11.8 Å². The van der Waals surface area contributed by atoms with Gasteiger partial charge < -0.3 is 9.88 Å². The van der Waals surface area contributed by atoms with Crippen molar-refractivity contribution in [2.75, 3.05) is 5.32 Å². The molecule has 0 saturated carbocycles. The third kappa shape index (κ3) is 3.25. The van der Waals surface area contributed by atoms with Crippen LogP contribution in [0.15, 0.2) is 55.1 Å². The number of nitrogens with one attached hydrogen (secondary N) is 1. The Hall–Kier alpha value is -4.06. The molecule has 0 aliphatic rings. The summed E-state index contributed by atoms with van der Waals surface area (Å²) in [6.07, 6.45) is 4.43. The van der Waals surface area contributed by atoms with Gasteiger partial charge in [-0.1, -0.05) is 0 Å². The van der Waals surface area contributed by atoms with Crippen LogP contribution in [0.2, 0.25) is 0 Å². The monoisotopic (exact) mass is 351 g/mol. The fraction of sp³-hybridized carbons (Fsp3) is 0. The second kappa shape index (κ2) is 6.82. The summed E-state index contributed by atoms with van der Waals surface area (Å²) in [4.78, 5) is 26.9. The number of anilines is 1. The fourth-order valence-electron chi connectivity index (χ4n) is 2.32. The quantitative estimate of drug-likeness (QED) is 0.573. The first-order valence-corrected chi connectivity index (χ1v) is 7.27. The molecule has 1 amide bonds. The molecule has 0 atom stereocenters. The van der Waals surface area contributed by atoms with Crippen LogP contribution in [0.1, 0.15) is 15.9 Å². The number of aromatic nitrogens is 2. The first-order valence-electron chi connectivity index (χ1n) is 7.27. The summed E-state index contributed by atoms with van der Waals surface area (Å²) in [6.45, 7) is 0. The predicted octanol–water partition coefficient (Wildman–Crippen LogP) is 3.04. The zero-order chi connectivity index (χ0) is 18.7. The summed E-state index contributed by atoms with van der Waals surface area (Å²) in [5, 5.41) is 22.6. The maximum atomic E-state index is 13.3. The van der Waals surface area contributed by atoms with Gasteiger partial charge in [0.1, 0.15) is 17.6 Å². The topological polar surface area (TPSA) is 114 Å². The van der Waals surface area contributed by atoms with Crippen LogP contribution in [0.4, 0.5) is 15.8 Å². The van der Waals surface area contributed by atoms with Crippen molar-refractivity contribution in [3.05, 3.63) is 82.2 Å². The number of carbonyl (C=O) groups is 1. The molecule has 1 heterocycles. The van der Waals surface area contributed by atoms with Crippen LogP contribution >= 0.6 is 0 Å². The van der Waals surface area contributed by atoms with Gasteiger partial charge in [-0.25, -0.2) is 9.37 Å². The molecule has 8 nitrogen and oxygen atoms in total. The van der Waals surface area contributed by atoms with Crippen molar-refractivity contribution in [2.24, 2.45) is 0 Å². The molecule has 0 saturated heterocycles. The number of nitro groups is 1. The number of carbonyl (C=O) groups excluding carboxylic acids is 1. The van der Waals surface area contributed by atoms with Crippen molar-refractivity contribution < 1.29 is 14.1 Å². The number of nitro benzene ring substituents is 1. The largest absolute Gasteiger partial charge is 0.322 e. The van der Waals surface area contributed by atoms with Gasteiger partial charge >= 0.3 is 0 Å². The van der Waals surface area contributed by atoms with Gasteiger partial charge in [-0.2, -0.15) is 5.26 Å². The lowest BCUT2D eigenvalue weighted by molar-refractivity contribution is -0.384. The predicted molar refractivity (Wildman–Crippen MR) is 89.3 cm³/mol. The zero-order valence-electron chi connectivity index (χ0n) is 13.1. The van der Waals surface area contributed by atoms with Crippen molar-refractivity contribution in [3.63, 3.8) is 0 Å². The normalized spacial score (nSPS) is 10.2. The smallest absolute Gasteiger partial charge is 0.294 e. The second-order valence-electron chi connectivity index (χ2n) is 5.19. The summed E-state index contributed by atoms with van der Waals surface area (Å²) >= 11 is 0. The molecule has 2 aromatic carbocycles. The van der Waals surface area contributed by atoms with Gasteiger partial charge in [0.25, 0.3) is 11.6 Å². The lowest BCUT2D eigenvalue weighted by Crippen LogP contribution is -2.13. The van der Waals surface area contributed by atoms with Crippen molar-refractivity contribution in [2.45, 2.75) is 0 Å². The van der Waals surface area contributed by atoms with Crippen LogP contribution in [0.5, 0.6) is 0 Å². The van der Waals surface area contributed by atoms with Gasteiger partial charge in [0.15, 0.2) is 0 Å². The average Bonchev–Trinajstić information content (AvgIpc) is 3.17.